The Morgan fingerprint density at radius 1 is 1.19 bits per heavy atom. The van der Waals surface area contributed by atoms with E-state index in [2.05, 4.69) is 10.2 Å². The molecule has 5 rings (SSSR count). The highest BCUT2D eigenvalue weighted by Crippen LogP contribution is 2.42. The van der Waals surface area contributed by atoms with Gasteiger partial charge in [0.05, 0.1) is 17.0 Å². The molecule has 2 aromatic carbocycles. The maximum atomic E-state index is 13.5. The van der Waals surface area contributed by atoms with Gasteiger partial charge in [0.1, 0.15) is 16.3 Å². The first-order valence-corrected chi connectivity index (χ1v) is 10.9. The zero-order valence-electron chi connectivity index (χ0n) is 16.3. The van der Waals surface area contributed by atoms with Crippen LogP contribution in [0, 0.1) is 0 Å². The van der Waals surface area contributed by atoms with Crippen molar-refractivity contribution in [3.8, 4) is 5.75 Å². The van der Waals surface area contributed by atoms with E-state index in [0.717, 1.165) is 17.8 Å². The second kappa shape index (κ2) is 7.47. The van der Waals surface area contributed by atoms with Crippen LogP contribution in [0.2, 0.25) is 5.02 Å². The van der Waals surface area contributed by atoms with Crippen LogP contribution in [0.15, 0.2) is 51.7 Å². The highest BCUT2D eigenvalue weighted by molar-refractivity contribution is 7.15. The topological polar surface area (TPSA) is 96.5 Å². The van der Waals surface area contributed by atoms with Crippen LogP contribution < -0.4 is 10.3 Å². The number of aromatic nitrogens is 2. The molecule has 0 fully saturated rings. The summed E-state index contributed by atoms with van der Waals surface area (Å²) in [4.78, 5) is 28.3. The number of fused-ring (bicyclic) bond motifs is 2. The third-order valence-corrected chi connectivity index (χ3v) is 6.36. The Labute approximate surface area is 185 Å². The van der Waals surface area contributed by atoms with Gasteiger partial charge in [-0.2, -0.15) is 0 Å². The van der Waals surface area contributed by atoms with Crippen molar-refractivity contribution < 1.29 is 14.3 Å². The van der Waals surface area contributed by atoms with Crippen LogP contribution in [-0.4, -0.2) is 21.2 Å². The van der Waals surface area contributed by atoms with Gasteiger partial charge in [-0.1, -0.05) is 42.0 Å². The summed E-state index contributed by atoms with van der Waals surface area (Å²) in [7, 11) is 0. The standard InChI is InChI=1S/C22H16ClN3O4S/c1-2-4-16-24-25-22(31-16)26-18(11-5-3-6-13(27)9-11)17-19(28)14-10-12(23)7-8-15(14)30-20(17)21(26)29/h3,5-10,18,27H,2,4H2,1H3. The van der Waals surface area contributed by atoms with E-state index in [1.165, 1.54) is 34.4 Å². The predicted molar refractivity (Wildman–Crippen MR) is 118 cm³/mol. The highest BCUT2D eigenvalue weighted by atomic mass is 35.5. The van der Waals surface area contributed by atoms with Gasteiger partial charge in [0.2, 0.25) is 10.9 Å². The Balaban J connectivity index is 1.78. The van der Waals surface area contributed by atoms with E-state index < -0.39 is 11.9 Å². The van der Waals surface area contributed by atoms with Gasteiger partial charge in [0.15, 0.2) is 5.43 Å². The summed E-state index contributed by atoms with van der Waals surface area (Å²) < 4.78 is 5.88. The van der Waals surface area contributed by atoms with Crippen molar-refractivity contribution in [3.05, 3.63) is 79.6 Å². The molecule has 2 aromatic heterocycles. The molecule has 0 aliphatic carbocycles. The van der Waals surface area contributed by atoms with Gasteiger partial charge < -0.3 is 9.52 Å². The molecule has 0 radical (unpaired) electrons. The summed E-state index contributed by atoms with van der Waals surface area (Å²) in [6.07, 6.45) is 1.63. The van der Waals surface area contributed by atoms with Crippen LogP contribution in [0.3, 0.4) is 0 Å². The summed E-state index contributed by atoms with van der Waals surface area (Å²) in [5.41, 5.74) is 0.689. The molecular weight excluding hydrogens is 438 g/mol. The van der Waals surface area contributed by atoms with Crippen molar-refractivity contribution in [2.45, 2.75) is 25.8 Å². The molecule has 3 heterocycles. The number of benzene rings is 2. The largest absolute Gasteiger partial charge is 0.508 e. The molecule has 4 aromatic rings. The zero-order chi connectivity index (χ0) is 21.7. The normalized spacial score (nSPS) is 15.6. The molecule has 0 saturated heterocycles. The summed E-state index contributed by atoms with van der Waals surface area (Å²) in [6, 6.07) is 10.3. The first-order chi connectivity index (χ1) is 15.0. The molecule has 1 N–H and O–H groups in total. The Bertz CT molecular complexity index is 1400. The quantitative estimate of drug-likeness (QED) is 0.480. The number of halogens is 1. The number of phenols is 1. The molecule has 1 aliphatic rings. The number of nitrogens with zero attached hydrogens (tertiary/aromatic N) is 3. The van der Waals surface area contributed by atoms with Gasteiger partial charge in [-0.3, -0.25) is 14.5 Å². The minimum Gasteiger partial charge on any atom is -0.508 e. The molecule has 0 spiro atoms. The summed E-state index contributed by atoms with van der Waals surface area (Å²) in [5.74, 6) is -0.493. The molecule has 0 saturated carbocycles. The lowest BCUT2D eigenvalue weighted by Crippen LogP contribution is -2.29. The number of aromatic hydroxyl groups is 1. The van der Waals surface area contributed by atoms with Gasteiger partial charge in [-0.25, -0.2) is 0 Å². The van der Waals surface area contributed by atoms with Crippen molar-refractivity contribution in [2.24, 2.45) is 0 Å². The molecule has 0 bridgehead atoms. The molecule has 7 nitrogen and oxygen atoms in total. The molecule has 1 aliphatic heterocycles. The number of amides is 1. The molecule has 1 atom stereocenters. The van der Waals surface area contributed by atoms with E-state index in [4.69, 9.17) is 16.0 Å². The molecular formula is C22H16ClN3O4S. The Hall–Kier alpha value is -3.23. The van der Waals surface area contributed by atoms with Gasteiger partial charge in [0.25, 0.3) is 5.91 Å². The fraction of sp³-hybridized carbons (Fsp3) is 0.182. The first-order valence-electron chi connectivity index (χ1n) is 9.69. The number of carbonyl (C=O) groups is 1. The summed E-state index contributed by atoms with van der Waals surface area (Å²) in [6.45, 7) is 2.03. The molecule has 1 unspecified atom stereocenters. The van der Waals surface area contributed by atoms with Crippen molar-refractivity contribution in [2.75, 3.05) is 4.90 Å². The minimum atomic E-state index is -0.809. The fourth-order valence-corrected chi connectivity index (χ4v) is 4.95. The summed E-state index contributed by atoms with van der Waals surface area (Å²) >= 11 is 7.39. The number of aryl methyl sites for hydroxylation is 1. The Kier molecular flexibility index (Phi) is 4.75. The Morgan fingerprint density at radius 2 is 2.03 bits per heavy atom. The second-order valence-electron chi connectivity index (χ2n) is 7.22. The van der Waals surface area contributed by atoms with E-state index in [1.54, 1.807) is 24.3 Å². The minimum absolute atomic E-state index is 0.0236. The molecule has 9 heteroatoms. The third kappa shape index (κ3) is 3.19. The van der Waals surface area contributed by atoms with E-state index in [1.807, 2.05) is 6.92 Å². The first kappa shape index (κ1) is 19.7. The Morgan fingerprint density at radius 3 is 2.81 bits per heavy atom. The maximum absolute atomic E-state index is 13.5. The van der Waals surface area contributed by atoms with Crippen LogP contribution in [0.5, 0.6) is 5.75 Å². The second-order valence-corrected chi connectivity index (χ2v) is 8.69. The number of phenolic OH excluding ortho intramolecular Hbond substituents is 1. The van der Waals surface area contributed by atoms with Crippen molar-refractivity contribution in [1.82, 2.24) is 10.2 Å². The van der Waals surface area contributed by atoms with E-state index in [-0.39, 0.29) is 33.5 Å². The van der Waals surface area contributed by atoms with Crippen LogP contribution >= 0.6 is 22.9 Å². The third-order valence-electron chi connectivity index (χ3n) is 5.14. The van der Waals surface area contributed by atoms with Crippen molar-refractivity contribution >= 4 is 44.9 Å². The average Bonchev–Trinajstić information content (AvgIpc) is 3.31. The SMILES string of the molecule is CCCc1nnc(N2C(=O)c3oc4ccc(Cl)cc4c(=O)c3C2c2cccc(O)c2)s1. The van der Waals surface area contributed by atoms with E-state index in [0.29, 0.717) is 15.7 Å². The zero-order valence-corrected chi connectivity index (χ0v) is 17.9. The number of hydrogen-bond donors (Lipinski definition) is 1. The lowest BCUT2D eigenvalue weighted by molar-refractivity contribution is 0.0970. The molecule has 156 valence electrons. The highest BCUT2D eigenvalue weighted by Gasteiger charge is 2.45. The van der Waals surface area contributed by atoms with Gasteiger partial charge >= 0.3 is 0 Å². The van der Waals surface area contributed by atoms with E-state index in [9.17, 15) is 14.7 Å². The predicted octanol–water partition coefficient (Wildman–Crippen LogP) is 4.71. The molecule has 31 heavy (non-hydrogen) atoms. The number of rotatable bonds is 4. The molecule has 1 amide bonds. The van der Waals surface area contributed by atoms with Gasteiger partial charge in [-0.15, -0.1) is 10.2 Å². The van der Waals surface area contributed by atoms with E-state index >= 15 is 0 Å². The van der Waals surface area contributed by atoms with Crippen molar-refractivity contribution in [1.29, 1.82) is 0 Å². The lowest BCUT2D eigenvalue weighted by Gasteiger charge is -2.22. The number of carbonyl (C=O) groups excluding carboxylic acids is 1. The van der Waals surface area contributed by atoms with Crippen LogP contribution in [0.25, 0.3) is 11.0 Å². The number of hydrogen-bond acceptors (Lipinski definition) is 7. The maximum Gasteiger partial charge on any atom is 0.297 e. The van der Waals surface area contributed by atoms with Crippen LogP contribution in [-0.2, 0) is 6.42 Å². The van der Waals surface area contributed by atoms with Gasteiger partial charge in [-0.05, 0) is 42.3 Å². The van der Waals surface area contributed by atoms with Gasteiger partial charge in [0, 0.05) is 11.4 Å². The summed E-state index contributed by atoms with van der Waals surface area (Å²) in [5, 5.41) is 20.3. The van der Waals surface area contributed by atoms with Crippen LogP contribution in [0.1, 0.15) is 46.1 Å². The lowest BCUT2D eigenvalue weighted by atomic mass is 9.98. The fourth-order valence-electron chi connectivity index (χ4n) is 3.81. The van der Waals surface area contributed by atoms with Crippen LogP contribution in [0.4, 0.5) is 5.13 Å². The van der Waals surface area contributed by atoms with Crippen molar-refractivity contribution in [3.63, 3.8) is 0 Å². The average molecular weight is 454 g/mol. The smallest absolute Gasteiger partial charge is 0.297 e. The monoisotopic (exact) mass is 453 g/mol. The number of anilines is 1.